The van der Waals surface area contributed by atoms with Crippen molar-refractivity contribution in [1.82, 2.24) is 5.32 Å². The SMILES string of the molecule is O=S(CC(O)CNC1CC1)C1CCCC1. The third kappa shape index (κ3) is 3.85. The van der Waals surface area contributed by atoms with Crippen LogP contribution in [0.5, 0.6) is 0 Å². The molecule has 0 amide bonds. The summed E-state index contributed by atoms with van der Waals surface area (Å²) in [7, 11) is -0.810. The Morgan fingerprint density at radius 2 is 1.93 bits per heavy atom. The van der Waals surface area contributed by atoms with Crippen LogP contribution in [-0.4, -0.2) is 39.0 Å². The fraction of sp³-hybridized carbons (Fsp3) is 1.00. The van der Waals surface area contributed by atoms with Crippen LogP contribution < -0.4 is 5.32 Å². The van der Waals surface area contributed by atoms with E-state index in [0.717, 1.165) is 12.8 Å². The fourth-order valence-electron chi connectivity index (χ4n) is 2.13. The van der Waals surface area contributed by atoms with Gasteiger partial charge in [0.15, 0.2) is 0 Å². The summed E-state index contributed by atoms with van der Waals surface area (Å²) in [6.07, 6.45) is 6.66. The molecule has 0 aromatic rings. The van der Waals surface area contributed by atoms with Crippen LogP contribution in [0.15, 0.2) is 0 Å². The quantitative estimate of drug-likeness (QED) is 0.710. The first-order valence-corrected chi connectivity index (χ1v) is 7.42. The van der Waals surface area contributed by atoms with Crippen LogP contribution >= 0.6 is 0 Å². The molecule has 0 spiro atoms. The van der Waals surface area contributed by atoms with Gasteiger partial charge in [-0.15, -0.1) is 0 Å². The molecule has 15 heavy (non-hydrogen) atoms. The van der Waals surface area contributed by atoms with Gasteiger partial charge < -0.3 is 10.4 Å². The van der Waals surface area contributed by atoms with E-state index in [9.17, 15) is 9.32 Å². The summed E-state index contributed by atoms with van der Waals surface area (Å²) < 4.78 is 11.8. The van der Waals surface area contributed by atoms with Crippen molar-refractivity contribution >= 4 is 10.8 Å². The Hall–Kier alpha value is 0.0700. The number of aliphatic hydroxyl groups is 1. The molecule has 4 heteroatoms. The van der Waals surface area contributed by atoms with Gasteiger partial charge in [0.05, 0.1) is 11.9 Å². The molecule has 0 saturated heterocycles. The first kappa shape index (κ1) is 11.6. The van der Waals surface area contributed by atoms with Crippen LogP contribution in [0.25, 0.3) is 0 Å². The van der Waals surface area contributed by atoms with E-state index in [0.29, 0.717) is 23.6 Å². The lowest BCUT2D eigenvalue weighted by Crippen LogP contribution is -2.33. The van der Waals surface area contributed by atoms with Crippen LogP contribution in [0.4, 0.5) is 0 Å². The molecule has 2 saturated carbocycles. The molecule has 2 unspecified atom stereocenters. The molecule has 3 nitrogen and oxygen atoms in total. The van der Waals surface area contributed by atoms with Crippen LogP contribution in [0.3, 0.4) is 0 Å². The topological polar surface area (TPSA) is 49.3 Å². The first-order chi connectivity index (χ1) is 7.25. The summed E-state index contributed by atoms with van der Waals surface area (Å²) >= 11 is 0. The summed E-state index contributed by atoms with van der Waals surface area (Å²) in [5.74, 6) is 0.463. The van der Waals surface area contributed by atoms with Gasteiger partial charge in [0.2, 0.25) is 0 Å². The van der Waals surface area contributed by atoms with E-state index in [-0.39, 0.29) is 0 Å². The van der Waals surface area contributed by atoms with E-state index < -0.39 is 16.9 Å². The van der Waals surface area contributed by atoms with E-state index >= 15 is 0 Å². The highest BCUT2D eigenvalue weighted by Gasteiger charge is 2.25. The Morgan fingerprint density at radius 1 is 1.27 bits per heavy atom. The third-order valence-corrected chi connectivity index (χ3v) is 5.18. The maximum Gasteiger partial charge on any atom is 0.0779 e. The Labute approximate surface area is 94.1 Å². The fourth-order valence-corrected chi connectivity index (χ4v) is 3.75. The van der Waals surface area contributed by atoms with Crippen molar-refractivity contribution in [2.24, 2.45) is 0 Å². The molecule has 2 N–H and O–H groups in total. The molecule has 2 rings (SSSR count). The summed E-state index contributed by atoms with van der Waals surface area (Å²) in [5.41, 5.74) is 0. The molecule has 88 valence electrons. The molecule has 2 atom stereocenters. The number of rotatable bonds is 6. The van der Waals surface area contributed by atoms with Crippen LogP contribution in [0.2, 0.25) is 0 Å². The zero-order valence-electron chi connectivity index (χ0n) is 9.15. The Balaban J connectivity index is 1.62. The van der Waals surface area contributed by atoms with Crippen molar-refractivity contribution in [3.63, 3.8) is 0 Å². The van der Waals surface area contributed by atoms with Crippen molar-refractivity contribution in [3.8, 4) is 0 Å². The Bertz CT molecular complexity index is 225. The molecule has 2 aliphatic rings. The molecule has 0 aliphatic heterocycles. The summed E-state index contributed by atoms with van der Waals surface area (Å²) in [4.78, 5) is 0. The lowest BCUT2D eigenvalue weighted by molar-refractivity contribution is 0.194. The number of aliphatic hydroxyl groups excluding tert-OH is 1. The molecule has 2 fully saturated rings. The summed E-state index contributed by atoms with van der Waals surface area (Å²) in [6.45, 7) is 0.614. The van der Waals surface area contributed by atoms with Crippen LogP contribution in [0, 0.1) is 0 Å². The first-order valence-electron chi connectivity index (χ1n) is 6.04. The van der Waals surface area contributed by atoms with E-state index in [1.54, 1.807) is 0 Å². The van der Waals surface area contributed by atoms with Crippen molar-refractivity contribution in [2.75, 3.05) is 12.3 Å². The van der Waals surface area contributed by atoms with Gasteiger partial charge in [-0.3, -0.25) is 4.21 Å². The van der Waals surface area contributed by atoms with E-state index in [4.69, 9.17) is 0 Å². The molecule has 0 heterocycles. The lowest BCUT2D eigenvalue weighted by atomic mass is 10.4. The average Bonchev–Trinajstić information content (AvgIpc) is 2.87. The van der Waals surface area contributed by atoms with Crippen molar-refractivity contribution in [1.29, 1.82) is 0 Å². The number of nitrogens with one attached hydrogen (secondary N) is 1. The smallest absolute Gasteiger partial charge is 0.0779 e. The molecule has 2 aliphatic carbocycles. The van der Waals surface area contributed by atoms with Gasteiger partial charge in [0, 0.05) is 28.6 Å². The highest BCUT2D eigenvalue weighted by Crippen LogP contribution is 2.23. The van der Waals surface area contributed by atoms with Gasteiger partial charge in [0.25, 0.3) is 0 Å². The summed E-state index contributed by atoms with van der Waals surface area (Å²) in [5, 5.41) is 13.3. The normalized spacial score (nSPS) is 26.7. The van der Waals surface area contributed by atoms with E-state index in [2.05, 4.69) is 5.32 Å². The highest BCUT2D eigenvalue weighted by molar-refractivity contribution is 7.85. The maximum absolute atomic E-state index is 11.8. The molecule has 0 aromatic heterocycles. The van der Waals surface area contributed by atoms with Gasteiger partial charge in [-0.25, -0.2) is 0 Å². The minimum absolute atomic E-state index is 0.362. The van der Waals surface area contributed by atoms with Crippen molar-refractivity contribution in [2.45, 2.75) is 55.9 Å². The van der Waals surface area contributed by atoms with Crippen molar-refractivity contribution < 1.29 is 9.32 Å². The Morgan fingerprint density at radius 3 is 2.53 bits per heavy atom. The van der Waals surface area contributed by atoms with Gasteiger partial charge in [-0.1, -0.05) is 12.8 Å². The monoisotopic (exact) mass is 231 g/mol. The third-order valence-electron chi connectivity index (χ3n) is 3.25. The number of hydrogen-bond acceptors (Lipinski definition) is 3. The minimum Gasteiger partial charge on any atom is -0.391 e. The van der Waals surface area contributed by atoms with E-state index in [1.165, 1.54) is 25.7 Å². The number of hydrogen-bond donors (Lipinski definition) is 2. The predicted molar refractivity (Wildman–Crippen MR) is 62.3 cm³/mol. The molecular formula is C11H21NO2S. The molecular weight excluding hydrogens is 210 g/mol. The Kier molecular flexibility index (Phi) is 4.17. The zero-order valence-corrected chi connectivity index (χ0v) is 9.97. The molecule has 0 bridgehead atoms. The zero-order chi connectivity index (χ0) is 10.7. The predicted octanol–water partition coefficient (Wildman–Crippen LogP) is 0.791. The van der Waals surface area contributed by atoms with Gasteiger partial charge in [-0.05, 0) is 25.7 Å². The van der Waals surface area contributed by atoms with Crippen LogP contribution in [-0.2, 0) is 10.8 Å². The molecule has 0 radical (unpaired) electrons. The second-order valence-corrected chi connectivity index (χ2v) is 6.55. The van der Waals surface area contributed by atoms with Gasteiger partial charge in [-0.2, -0.15) is 0 Å². The highest BCUT2D eigenvalue weighted by atomic mass is 32.2. The van der Waals surface area contributed by atoms with Crippen molar-refractivity contribution in [3.05, 3.63) is 0 Å². The second-order valence-electron chi connectivity index (χ2n) is 4.79. The van der Waals surface area contributed by atoms with Gasteiger partial charge >= 0.3 is 0 Å². The van der Waals surface area contributed by atoms with Crippen LogP contribution in [0.1, 0.15) is 38.5 Å². The summed E-state index contributed by atoms with van der Waals surface area (Å²) in [6, 6.07) is 0.625. The van der Waals surface area contributed by atoms with E-state index in [1.807, 2.05) is 0 Å². The van der Waals surface area contributed by atoms with Gasteiger partial charge in [0.1, 0.15) is 0 Å². The average molecular weight is 231 g/mol. The standard InChI is InChI=1S/C11H21NO2S/c13-10(7-12-9-5-6-9)8-15(14)11-3-1-2-4-11/h9-13H,1-8H2. The molecule has 0 aromatic carbocycles. The largest absolute Gasteiger partial charge is 0.391 e. The second kappa shape index (κ2) is 5.41. The minimum atomic E-state index is -0.810. The lowest BCUT2D eigenvalue weighted by Gasteiger charge is -2.14. The maximum atomic E-state index is 11.8.